The van der Waals surface area contributed by atoms with Gasteiger partial charge in [0.25, 0.3) is 0 Å². The monoisotopic (exact) mass is 248 g/mol. The fourth-order valence-electron chi connectivity index (χ4n) is 1.74. The van der Waals surface area contributed by atoms with E-state index in [-0.39, 0.29) is 5.97 Å². The molecule has 0 spiro atoms. The van der Waals surface area contributed by atoms with Crippen molar-refractivity contribution in [2.45, 2.75) is 20.0 Å². The molecule has 0 atom stereocenters. The van der Waals surface area contributed by atoms with Gasteiger partial charge in [-0.3, -0.25) is 0 Å². The Labute approximate surface area is 105 Å². The Morgan fingerprint density at radius 1 is 1.44 bits per heavy atom. The maximum absolute atomic E-state index is 11.6. The molecule has 0 aliphatic rings. The molecule has 1 N–H and O–H groups in total. The Morgan fingerprint density at radius 2 is 2.28 bits per heavy atom. The molecular weight excluding hydrogens is 232 g/mol. The van der Waals surface area contributed by atoms with Crippen molar-refractivity contribution in [2.75, 3.05) is 13.7 Å². The van der Waals surface area contributed by atoms with Gasteiger partial charge < -0.3 is 14.5 Å². The van der Waals surface area contributed by atoms with Gasteiger partial charge in [-0.25, -0.2) is 9.78 Å². The molecule has 5 nitrogen and oxygen atoms in total. The third-order valence-corrected chi connectivity index (χ3v) is 2.55. The molecule has 0 bridgehead atoms. The summed E-state index contributed by atoms with van der Waals surface area (Å²) in [6, 6.07) is 5.37. The lowest BCUT2D eigenvalue weighted by Crippen LogP contribution is -2.01. The first-order valence-electron chi connectivity index (χ1n) is 5.90. The van der Waals surface area contributed by atoms with Gasteiger partial charge in [-0.2, -0.15) is 0 Å². The Morgan fingerprint density at radius 3 is 3.00 bits per heavy atom. The first kappa shape index (κ1) is 12.6. The minimum Gasteiger partial charge on any atom is -0.465 e. The van der Waals surface area contributed by atoms with Crippen molar-refractivity contribution in [2.24, 2.45) is 0 Å². The summed E-state index contributed by atoms with van der Waals surface area (Å²) in [5, 5.41) is 0. The number of benzene rings is 1. The molecule has 0 fully saturated rings. The fraction of sp³-hybridized carbons (Fsp3) is 0.385. The predicted octanol–water partition coefficient (Wildman–Crippen LogP) is 2.28. The van der Waals surface area contributed by atoms with Crippen LogP contribution >= 0.6 is 0 Å². The molecule has 2 aromatic rings. The van der Waals surface area contributed by atoms with Crippen LogP contribution in [0.4, 0.5) is 0 Å². The van der Waals surface area contributed by atoms with Crippen molar-refractivity contribution in [1.29, 1.82) is 0 Å². The zero-order valence-electron chi connectivity index (χ0n) is 10.5. The van der Waals surface area contributed by atoms with Crippen LogP contribution in [0.5, 0.6) is 0 Å². The van der Waals surface area contributed by atoms with Crippen LogP contribution in [0.25, 0.3) is 11.0 Å². The van der Waals surface area contributed by atoms with E-state index in [0.29, 0.717) is 24.3 Å². The van der Waals surface area contributed by atoms with E-state index < -0.39 is 0 Å². The highest BCUT2D eigenvalue weighted by Gasteiger charge is 2.13. The SMILES string of the molecule is CCCOCc1nc2c(C(=O)OC)cccc2[nH]1. The number of nitrogens with zero attached hydrogens (tertiary/aromatic N) is 1. The molecule has 0 saturated carbocycles. The lowest BCUT2D eigenvalue weighted by Gasteiger charge is -1.98. The zero-order valence-corrected chi connectivity index (χ0v) is 10.5. The smallest absolute Gasteiger partial charge is 0.340 e. The average molecular weight is 248 g/mol. The molecule has 18 heavy (non-hydrogen) atoms. The lowest BCUT2D eigenvalue weighted by molar-refractivity contribution is 0.0602. The van der Waals surface area contributed by atoms with Gasteiger partial charge in [0.15, 0.2) is 0 Å². The fourth-order valence-corrected chi connectivity index (χ4v) is 1.74. The third-order valence-electron chi connectivity index (χ3n) is 2.55. The van der Waals surface area contributed by atoms with E-state index in [9.17, 15) is 4.79 Å². The van der Waals surface area contributed by atoms with Crippen LogP contribution < -0.4 is 0 Å². The van der Waals surface area contributed by atoms with E-state index in [0.717, 1.165) is 17.8 Å². The van der Waals surface area contributed by atoms with Gasteiger partial charge >= 0.3 is 5.97 Å². The molecule has 0 saturated heterocycles. The van der Waals surface area contributed by atoms with E-state index in [2.05, 4.69) is 9.97 Å². The average Bonchev–Trinajstić information content (AvgIpc) is 2.80. The van der Waals surface area contributed by atoms with Crippen LogP contribution in [-0.4, -0.2) is 29.7 Å². The van der Waals surface area contributed by atoms with Crippen molar-refractivity contribution in [3.8, 4) is 0 Å². The van der Waals surface area contributed by atoms with E-state index in [1.807, 2.05) is 13.0 Å². The number of imidazole rings is 1. The number of ether oxygens (including phenoxy) is 2. The highest BCUT2D eigenvalue weighted by molar-refractivity contribution is 6.01. The molecular formula is C13H16N2O3. The summed E-state index contributed by atoms with van der Waals surface area (Å²) >= 11 is 0. The summed E-state index contributed by atoms with van der Waals surface area (Å²) in [4.78, 5) is 19.1. The van der Waals surface area contributed by atoms with E-state index in [1.165, 1.54) is 7.11 Å². The summed E-state index contributed by atoms with van der Waals surface area (Å²) < 4.78 is 10.1. The van der Waals surface area contributed by atoms with Crippen LogP contribution in [-0.2, 0) is 16.1 Å². The minimum atomic E-state index is -0.381. The molecule has 96 valence electrons. The molecule has 0 aliphatic heterocycles. The van der Waals surface area contributed by atoms with E-state index in [4.69, 9.17) is 9.47 Å². The molecule has 0 amide bonds. The number of nitrogens with one attached hydrogen (secondary N) is 1. The van der Waals surface area contributed by atoms with Crippen molar-refractivity contribution in [3.05, 3.63) is 29.6 Å². The summed E-state index contributed by atoms with van der Waals surface area (Å²) in [5.41, 5.74) is 1.90. The highest BCUT2D eigenvalue weighted by Crippen LogP contribution is 2.17. The normalized spacial score (nSPS) is 10.8. The first-order valence-corrected chi connectivity index (χ1v) is 5.90. The highest BCUT2D eigenvalue weighted by atomic mass is 16.5. The van der Waals surface area contributed by atoms with E-state index >= 15 is 0 Å². The zero-order chi connectivity index (χ0) is 13.0. The largest absolute Gasteiger partial charge is 0.465 e. The number of aromatic amines is 1. The molecule has 1 aromatic carbocycles. The molecule has 0 aliphatic carbocycles. The number of methoxy groups -OCH3 is 1. The van der Waals surface area contributed by atoms with Crippen LogP contribution in [0.15, 0.2) is 18.2 Å². The lowest BCUT2D eigenvalue weighted by atomic mass is 10.2. The maximum Gasteiger partial charge on any atom is 0.340 e. The number of para-hydroxylation sites is 1. The first-order chi connectivity index (χ1) is 8.76. The van der Waals surface area contributed by atoms with Crippen LogP contribution in [0.2, 0.25) is 0 Å². The van der Waals surface area contributed by atoms with Gasteiger partial charge in [0.05, 0.1) is 18.2 Å². The second-order valence-electron chi connectivity index (χ2n) is 3.93. The molecule has 1 aromatic heterocycles. The third kappa shape index (κ3) is 2.51. The quantitative estimate of drug-likeness (QED) is 0.651. The van der Waals surface area contributed by atoms with Crippen LogP contribution in [0, 0.1) is 0 Å². The van der Waals surface area contributed by atoms with Gasteiger partial charge in [0.2, 0.25) is 0 Å². The van der Waals surface area contributed by atoms with Crippen LogP contribution in [0.3, 0.4) is 0 Å². The number of rotatable bonds is 5. The number of carbonyl (C=O) groups excluding carboxylic acids is 1. The van der Waals surface area contributed by atoms with Gasteiger partial charge in [0.1, 0.15) is 17.9 Å². The Bertz CT molecular complexity index is 548. The number of esters is 1. The second kappa shape index (κ2) is 5.64. The predicted molar refractivity (Wildman–Crippen MR) is 67.4 cm³/mol. The van der Waals surface area contributed by atoms with Gasteiger partial charge in [0, 0.05) is 6.61 Å². The Hall–Kier alpha value is -1.88. The molecule has 0 radical (unpaired) electrons. The molecule has 5 heteroatoms. The topological polar surface area (TPSA) is 64.2 Å². The Balaban J connectivity index is 2.29. The number of carbonyl (C=O) groups is 1. The summed E-state index contributed by atoms with van der Waals surface area (Å²) in [5.74, 6) is 0.336. The van der Waals surface area contributed by atoms with Gasteiger partial charge in [-0.1, -0.05) is 13.0 Å². The summed E-state index contributed by atoms with van der Waals surface area (Å²) in [6.07, 6.45) is 0.966. The second-order valence-corrected chi connectivity index (χ2v) is 3.93. The maximum atomic E-state index is 11.6. The number of hydrogen-bond donors (Lipinski definition) is 1. The number of H-pyrrole nitrogens is 1. The number of fused-ring (bicyclic) bond motifs is 1. The molecule has 0 unspecified atom stereocenters. The van der Waals surface area contributed by atoms with Crippen molar-refractivity contribution in [3.63, 3.8) is 0 Å². The number of hydrogen-bond acceptors (Lipinski definition) is 4. The summed E-state index contributed by atoms with van der Waals surface area (Å²) in [6.45, 7) is 3.16. The molecule has 2 rings (SSSR count). The number of aromatic nitrogens is 2. The van der Waals surface area contributed by atoms with Crippen molar-refractivity contribution in [1.82, 2.24) is 9.97 Å². The molecule has 1 heterocycles. The van der Waals surface area contributed by atoms with Crippen LogP contribution in [0.1, 0.15) is 29.5 Å². The van der Waals surface area contributed by atoms with Crippen molar-refractivity contribution >= 4 is 17.0 Å². The Kier molecular flexibility index (Phi) is 3.94. The minimum absolute atomic E-state index is 0.381. The van der Waals surface area contributed by atoms with Gasteiger partial charge in [-0.05, 0) is 18.6 Å². The van der Waals surface area contributed by atoms with Crippen molar-refractivity contribution < 1.29 is 14.3 Å². The van der Waals surface area contributed by atoms with Gasteiger partial charge in [-0.15, -0.1) is 0 Å². The standard InChI is InChI=1S/C13H16N2O3/c1-3-7-18-8-11-14-10-6-4-5-9(12(10)15-11)13(16)17-2/h4-6H,3,7-8H2,1-2H3,(H,14,15). The van der Waals surface area contributed by atoms with E-state index in [1.54, 1.807) is 12.1 Å². The summed E-state index contributed by atoms with van der Waals surface area (Å²) in [7, 11) is 1.36.